The summed E-state index contributed by atoms with van der Waals surface area (Å²) in [6, 6.07) is 4.71. The number of hydrogen-bond acceptors (Lipinski definition) is 5. The molecule has 2 rings (SSSR count). The van der Waals surface area contributed by atoms with Crippen molar-refractivity contribution < 1.29 is 17.9 Å². The third kappa shape index (κ3) is 6.18. The largest absolute Gasteiger partial charge is 0.379 e. The molecule has 1 N–H and O–H groups in total. The van der Waals surface area contributed by atoms with Crippen LogP contribution in [-0.2, 0) is 19.6 Å². The molecule has 1 atom stereocenters. The number of aryl methyl sites for hydroxylation is 2. The zero-order chi connectivity index (χ0) is 20.7. The van der Waals surface area contributed by atoms with E-state index in [1.807, 2.05) is 32.9 Å². The van der Waals surface area contributed by atoms with Gasteiger partial charge in [0.15, 0.2) is 0 Å². The van der Waals surface area contributed by atoms with E-state index < -0.39 is 16.1 Å². The first-order chi connectivity index (χ1) is 13.2. The van der Waals surface area contributed by atoms with Crippen molar-refractivity contribution in [1.82, 2.24) is 10.2 Å². The summed E-state index contributed by atoms with van der Waals surface area (Å²) in [4.78, 5) is 15.1. The first-order valence-electron chi connectivity index (χ1n) is 9.88. The second-order valence-electron chi connectivity index (χ2n) is 7.35. The summed E-state index contributed by atoms with van der Waals surface area (Å²) < 4.78 is 31.6. The van der Waals surface area contributed by atoms with Gasteiger partial charge in [-0.05, 0) is 56.5 Å². The van der Waals surface area contributed by atoms with Crippen LogP contribution in [0, 0.1) is 13.8 Å². The Labute approximate surface area is 169 Å². The Morgan fingerprint density at radius 3 is 2.50 bits per heavy atom. The van der Waals surface area contributed by atoms with Crippen LogP contribution < -0.4 is 9.62 Å². The lowest BCUT2D eigenvalue weighted by Gasteiger charge is -2.31. The van der Waals surface area contributed by atoms with E-state index >= 15 is 0 Å². The van der Waals surface area contributed by atoms with E-state index in [2.05, 4.69) is 10.2 Å². The van der Waals surface area contributed by atoms with Gasteiger partial charge in [-0.3, -0.25) is 14.0 Å². The number of sulfonamides is 1. The number of anilines is 1. The third-order valence-electron chi connectivity index (χ3n) is 5.13. The molecule has 1 aliphatic rings. The molecule has 1 saturated heterocycles. The van der Waals surface area contributed by atoms with E-state index in [9.17, 15) is 13.2 Å². The normalized spacial score (nSPS) is 16.6. The summed E-state index contributed by atoms with van der Waals surface area (Å²) in [6.45, 7) is 10.5. The van der Waals surface area contributed by atoms with E-state index in [0.29, 0.717) is 18.7 Å². The fourth-order valence-corrected chi connectivity index (χ4v) is 4.58. The van der Waals surface area contributed by atoms with E-state index in [1.165, 1.54) is 4.31 Å². The number of benzene rings is 1. The molecule has 1 aromatic rings. The number of carbonyl (C=O) groups is 1. The molecule has 1 aliphatic heterocycles. The van der Waals surface area contributed by atoms with Crippen molar-refractivity contribution in [3.05, 3.63) is 29.3 Å². The Balaban J connectivity index is 2.03. The number of nitrogens with one attached hydrogen (secondary N) is 1. The number of carbonyl (C=O) groups excluding carboxylic acids is 1. The number of morpholine rings is 1. The van der Waals surface area contributed by atoms with E-state index in [-0.39, 0.29) is 5.91 Å². The molecule has 1 heterocycles. The Kier molecular flexibility index (Phi) is 8.27. The minimum absolute atomic E-state index is 0.256. The molecule has 0 unspecified atom stereocenters. The highest BCUT2D eigenvalue weighted by atomic mass is 32.2. The van der Waals surface area contributed by atoms with Crippen LogP contribution in [0.2, 0.25) is 0 Å². The van der Waals surface area contributed by atoms with Gasteiger partial charge >= 0.3 is 0 Å². The Hall–Kier alpha value is -1.64. The molecule has 0 spiro atoms. The van der Waals surface area contributed by atoms with Crippen molar-refractivity contribution in [2.75, 3.05) is 50.0 Å². The number of rotatable bonds is 9. The van der Waals surface area contributed by atoms with Crippen molar-refractivity contribution in [2.24, 2.45) is 0 Å². The van der Waals surface area contributed by atoms with Gasteiger partial charge in [0, 0.05) is 19.6 Å². The van der Waals surface area contributed by atoms with Gasteiger partial charge in [-0.15, -0.1) is 0 Å². The molecule has 0 bridgehead atoms. The monoisotopic (exact) mass is 411 g/mol. The second-order valence-corrected chi connectivity index (χ2v) is 9.21. The first-order valence-corrected chi connectivity index (χ1v) is 11.7. The van der Waals surface area contributed by atoms with Crippen LogP contribution in [0.25, 0.3) is 0 Å². The molecule has 8 heteroatoms. The minimum Gasteiger partial charge on any atom is -0.379 e. The van der Waals surface area contributed by atoms with Crippen LogP contribution >= 0.6 is 0 Å². The van der Waals surface area contributed by atoms with Crippen molar-refractivity contribution in [3.63, 3.8) is 0 Å². The van der Waals surface area contributed by atoms with Crippen LogP contribution in [0.1, 0.15) is 30.9 Å². The van der Waals surface area contributed by atoms with Gasteiger partial charge in [-0.2, -0.15) is 0 Å². The summed E-state index contributed by atoms with van der Waals surface area (Å²) in [7, 11) is -3.60. The lowest BCUT2D eigenvalue weighted by molar-refractivity contribution is -0.122. The molecule has 0 radical (unpaired) electrons. The fraction of sp³-hybridized carbons (Fsp3) is 0.650. The Bertz CT molecular complexity index is 761. The molecule has 1 fully saturated rings. The van der Waals surface area contributed by atoms with Crippen molar-refractivity contribution in [1.29, 1.82) is 0 Å². The smallest absolute Gasteiger partial charge is 0.243 e. The van der Waals surface area contributed by atoms with E-state index in [1.54, 1.807) is 6.07 Å². The maximum atomic E-state index is 12.8. The molecule has 0 aliphatic carbocycles. The van der Waals surface area contributed by atoms with Gasteiger partial charge in [0.25, 0.3) is 0 Å². The Morgan fingerprint density at radius 1 is 1.25 bits per heavy atom. The molecule has 1 aromatic carbocycles. The zero-order valence-corrected chi connectivity index (χ0v) is 18.2. The third-order valence-corrected chi connectivity index (χ3v) is 6.31. The van der Waals surface area contributed by atoms with Gasteiger partial charge < -0.3 is 10.1 Å². The van der Waals surface area contributed by atoms with E-state index in [0.717, 1.165) is 56.7 Å². The molecular weight excluding hydrogens is 378 g/mol. The second kappa shape index (κ2) is 10.2. The molecule has 1 amide bonds. The number of nitrogens with zero attached hydrogens (tertiary/aromatic N) is 2. The van der Waals surface area contributed by atoms with Crippen LogP contribution in [0.5, 0.6) is 0 Å². The van der Waals surface area contributed by atoms with Gasteiger partial charge in [0.2, 0.25) is 15.9 Å². The van der Waals surface area contributed by atoms with E-state index in [4.69, 9.17) is 4.74 Å². The lowest BCUT2D eigenvalue weighted by atomic mass is 10.1. The molecule has 28 heavy (non-hydrogen) atoms. The lowest BCUT2D eigenvalue weighted by Crippen LogP contribution is -2.49. The predicted octanol–water partition coefficient (Wildman–Crippen LogP) is 1.69. The Morgan fingerprint density at radius 2 is 1.93 bits per heavy atom. The van der Waals surface area contributed by atoms with Crippen molar-refractivity contribution >= 4 is 21.6 Å². The molecular formula is C20H33N3O4S. The summed E-state index contributed by atoms with van der Waals surface area (Å²) >= 11 is 0. The molecule has 158 valence electrons. The summed E-state index contributed by atoms with van der Waals surface area (Å²) in [6.07, 6.45) is 2.37. The summed E-state index contributed by atoms with van der Waals surface area (Å²) in [5, 5.41) is 2.92. The quantitative estimate of drug-likeness (QED) is 0.626. The number of ether oxygens (including phenoxy) is 1. The van der Waals surface area contributed by atoms with Gasteiger partial charge in [0.05, 0.1) is 25.2 Å². The standard InChI is InChI=1S/C20H33N3O4S/c1-5-19(20(24)21-9-6-10-22-11-13-27-14-12-22)23(28(4,25)26)18-8-7-16(2)17(3)15-18/h7-8,15,19H,5-6,9-14H2,1-4H3,(H,21,24)/t19-/m1/s1. The van der Waals surface area contributed by atoms with Gasteiger partial charge in [-0.1, -0.05) is 13.0 Å². The first kappa shape index (κ1) is 22.6. The molecule has 0 saturated carbocycles. The predicted molar refractivity (Wildman–Crippen MR) is 112 cm³/mol. The average Bonchev–Trinajstić information content (AvgIpc) is 2.65. The average molecular weight is 412 g/mol. The summed E-state index contributed by atoms with van der Waals surface area (Å²) in [5.41, 5.74) is 2.60. The summed E-state index contributed by atoms with van der Waals surface area (Å²) in [5.74, 6) is -0.256. The molecule has 0 aromatic heterocycles. The van der Waals surface area contributed by atoms with Gasteiger partial charge in [-0.25, -0.2) is 8.42 Å². The fourth-order valence-electron chi connectivity index (χ4n) is 3.38. The molecule has 7 nitrogen and oxygen atoms in total. The van der Waals surface area contributed by atoms with Crippen molar-refractivity contribution in [2.45, 2.75) is 39.7 Å². The number of hydrogen-bond donors (Lipinski definition) is 1. The highest BCUT2D eigenvalue weighted by Crippen LogP contribution is 2.25. The maximum absolute atomic E-state index is 12.8. The van der Waals surface area contributed by atoms with Crippen LogP contribution in [-0.4, -0.2) is 70.9 Å². The highest BCUT2D eigenvalue weighted by Gasteiger charge is 2.31. The number of amides is 1. The van der Waals surface area contributed by atoms with Gasteiger partial charge in [0.1, 0.15) is 6.04 Å². The SMILES string of the molecule is CC[C@H](C(=O)NCCCN1CCOCC1)N(c1ccc(C)c(C)c1)S(C)(=O)=O. The van der Waals surface area contributed by atoms with Crippen LogP contribution in [0.15, 0.2) is 18.2 Å². The highest BCUT2D eigenvalue weighted by molar-refractivity contribution is 7.92. The maximum Gasteiger partial charge on any atom is 0.243 e. The topological polar surface area (TPSA) is 79.0 Å². The van der Waals surface area contributed by atoms with Crippen LogP contribution in [0.3, 0.4) is 0 Å². The van der Waals surface area contributed by atoms with Crippen LogP contribution in [0.4, 0.5) is 5.69 Å². The van der Waals surface area contributed by atoms with Crippen molar-refractivity contribution in [3.8, 4) is 0 Å². The zero-order valence-electron chi connectivity index (χ0n) is 17.4. The minimum atomic E-state index is -3.60.